The molecule has 0 radical (unpaired) electrons. The van der Waals surface area contributed by atoms with E-state index < -0.39 is 0 Å². The van der Waals surface area contributed by atoms with E-state index in [2.05, 4.69) is 71.6 Å². The summed E-state index contributed by atoms with van der Waals surface area (Å²) >= 11 is 0. The lowest BCUT2D eigenvalue weighted by atomic mass is 10.0. The Balaban J connectivity index is 1.78. The summed E-state index contributed by atoms with van der Waals surface area (Å²) in [5.74, 6) is 0. The fourth-order valence-electron chi connectivity index (χ4n) is 2.57. The Morgan fingerprint density at radius 2 is 1.68 bits per heavy atom. The van der Waals surface area contributed by atoms with Gasteiger partial charge >= 0.3 is 0 Å². The fourth-order valence-corrected chi connectivity index (χ4v) is 2.57. The second kappa shape index (κ2) is 5.75. The van der Waals surface area contributed by atoms with Gasteiger partial charge in [0.05, 0.1) is 0 Å². The second-order valence-corrected chi connectivity index (χ2v) is 5.04. The molecule has 3 rings (SSSR count). The van der Waals surface area contributed by atoms with Gasteiger partial charge in [-0.15, -0.1) is 0 Å². The van der Waals surface area contributed by atoms with Gasteiger partial charge < -0.3 is 4.90 Å². The molecule has 0 unspecified atom stereocenters. The maximum atomic E-state index is 2.44. The molecule has 0 bridgehead atoms. The standard InChI is InChI=1S/C18H19N/c1-3-8-16(9-4-1)14-17-10-7-11-18(15-17)19-12-5-2-6-13-19/h1-5,7-11,15H,6,12-14H2. The summed E-state index contributed by atoms with van der Waals surface area (Å²) in [4.78, 5) is 2.44. The maximum Gasteiger partial charge on any atom is 0.0371 e. The summed E-state index contributed by atoms with van der Waals surface area (Å²) in [5, 5.41) is 0. The van der Waals surface area contributed by atoms with Crippen molar-refractivity contribution in [2.75, 3.05) is 18.0 Å². The average molecular weight is 249 g/mol. The maximum absolute atomic E-state index is 2.44. The zero-order chi connectivity index (χ0) is 12.9. The zero-order valence-electron chi connectivity index (χ0n) is 11.1. The van der Waals surface area contributed by atoms with Crippen LogP contribution in [0.15, 0.2) is 66.7 Å². The average Bonchev–Trinajstić information content (AvgIpc) is 2.49. The van der Waals surface area contributed by atoms with Crippen molar-refractivity contribution in [2.45, 2.75) is 12.8 Å². The monoisotopic (exact) mass is 249 g/mol. The summed E-state index contributed by atoms with van der Waals surface area (Å²) in [6, 6.07) is 19.6. The highest BCUT2D eigenvalue weighted by atomic mass is 15.1. The first-order valence-corrected chi connectivity index (χ1v) is 6.95. The van der Waals surface area contributed by atoms with Crippen LogP contribution >= 0.6 is 0 Å². The molecule has 1 aliphatic heterocycles. The van der Waals surface area contributed by atoms with Crippen molar-refractivity contribution in [3.05, 3.63) is 77.9 Å². The number of hydrogen-bond donors (Lipinski definition) is 0. The van der Waals surface area contributed by atoms with Gasteiger partial charge in [-0.1, -0.05) is 54.6 Å². The first-order valence-electron chi connectivity index (χ1n) is 6.95. The first-order chi connectivity index (χ1) is 9.42. The molecular formula is C18H19N. The first kappa shape index (κ1) is 12.0. The van der Waals surface area contributed by atoms with Gasteiger partial charge in [0, 0.05) is 18.8 Å². The number of benzene rings is 2. The van der Waals surface area contributed by atoms with Gasteiger partial charge in [-0.25, -0.2) is 0 Å². The van der Waals surface area contributed by atoms with Crippen LogP contribution in [0, 0.1) is 0 Å². The summed E-state index contributed by atoms with van der Waals surface area (Å²) in [6.45, 7) is 2.17. The van der Waals surface area contributed by atoms with Crippen molar-refractivity contribution in [2.24, 2.45) is 0 Å². The van der Waals surface area contributed by atoms with Gasteiger partial charge in [-0.2, -0.15) is 0 Å². The number of rotatable bonds is 3. The van der Waals surface area contributed by atoms with Crippen LogP contribution in [0.2, 0.25) is 0 Å². The van der Waals surface area contributed by atoms with Gasteiger partial charge in [-0.3, -0.25) is 0 Å². The Morgan fingerprint density at radius 3 is 2.47 bits per heavy atom. The summed E-state index contributed by atoms with van der Waals surface area (Å²) in [7, 11) is 0. The minimum atomic E-state index is 1.01. The van der Waals surface area contributed by atoms with Crippen LogP contribution in [-0.2, 0) is 6.42 Å². The highest BCUT2D eigenvalue weighted by Gasteiger charge is 2.07. The minimum absolute atomic E-state index is 1.01. The van der Waals surface area contributed by atoms with E-state index >= 15 is 0 Å². The smallest absolute Gasteiger partial charge is 0.0371 e. The minimum Gasteiger partial charge on any atom is -0.367 e. The highest BCUT2D eigenvalue weighted by molar-refractivity contribution is 5.50. The van der Waals surface area contributed by atoms with E-state index in [9.17, 15) is 0 Å². The molecule has 1 aliphatic rings. The normalized spacial score (nSPS) is 14.6. The molecule has 2 aromatic carbocycles. The lowest BCUT2D eigenvalue weighted by Gasteiger charge is -2.26. The predicted octanol–water partition coefficient (Wildman–Crippen LogP) is 4.04. The zero-order valence-corrected chi connectivity index (χ0v) is 11.1. The molecule has 0 aromatic heterocycles. The van der Waals surface area contributed by atoms with Crippen molar-refractivity contribution in [3.63, 3.8) is 0 Å². The van der Waals surface area contributed by atoms with E-state index in [0.29, 0.717) is 0 Å². The quantitative estimate of drug-likeness (QED) is 0.742. The van der Waals surface area contributed by atoms with Crippen molar-refractivity contribution < 1.29 is 0 Å². The Morgan fingerprint density at radius 1 is 0.842 bits per heavy atom. The van der Waals surface area contributed by atoms with Crippen LogP contribution in [0.3, 0.4) is 0 Å². The highest BCUT2D eigenvalue weighted by Crippen LogP contribution is 2.20. The van der Waals surface area contributed by atoms with E-state index in [0.717, 1.165) is 25.9 Å². The van der Waals surface area contributed by atoms with Gasteiger partial charge in [-0.05, 0) is 36.1 Å². The van der Waals surface area contributed by atoms with E-state index in [-0.39, 0.29) is 0 Å². The van der Waals surface area contributed by atoms with Crippen LogP contribution in [-0.4, -0.2) is 13.1 Å². The summed E-state index contributed by atoms with van der Waals surface area (Å²) in [5.41, 5.74) is 4.11. The van der Waals surface area contributed by atoms with Gasteiger partial charge in [0.2, 0.25) is 0 Å². The third-order valence-electron chi connectivity index (χ3n) is 3.58. The van der Waals surface area contributed by atoms with Gasteiger partial charge in [0.15, 0.2) is 0 Å². The molecule has 1 heterocycles. The van der Waals surface area contributed by atoms with E-state index in [1.807, 2.05) is 0 Å². The molecule has 0 fully saturated rings. The Labute approximate surface area is 115 Å². The Kier molecular flexibility index (Phi) is 3.64. The molecule has 1 heteroatoms. The van der Waals surface area contributed by atoms with Crippen LogP contribution in [0.5, 0.6) is 0 Å². The molecule has 2 aromatic rings. The molecule has 96 valence electrons. The van der Waals surface area contributed by atoms with Gasteiger partial charge in [0.25, 0.3) is 0 Å². The van der Waals surface area contributed by atoms with Crippen LogP contribution in [0.1, 0.15) is 17.5 Å². The van der Waals surface area contributed by atoms with E-state index in [1.54, 1.807) is 0 Å². The molecule has 0 saturated carbocycles. The number of anilines is 1. The van der Waals surface area contributed by atoms with Crippen LogP contribution in [0.4, 0.5) is 5.69 Å². The van der Waals surface area contributed by atoms with E-state index in [4.69, 9.17) is 0 Å². The van der Waals surface area contributed by atoms with Crippen molar-refractivity contribution in [1.82, 2.24) is 0 Å². The molecular weight excluding hydrogens is 230 g/mol. The van der Waals surface area contributed by atoms with Crippen LogP contribution in [0.25, 0.3) is 0 Å². The predicted molar refractivity (Wildman–Crippen MR) is 81.7 cm³/mol. The molecule has 1 nitrogen and oxygen atoms in total. The molecule has 0 aliphatic carbocycles. The molecule has 0 spiro atoms. The molecule has 0 N–H and O–H groups in total. The topological polar surface area (TPSA) is 3.24 Å². The van der Waals surface area contributed by atoms with Crippen molar-refractivity contribution in [3.8, 4) is 0 Å². The second-order valence-electron chi connectivity index (χ2n) is 5.04. The third kappa shape index (κ3) is 3.05. The largest absolute Gasteiger partial charge is 0.367 e. The SMILES string of the molecule is C1=CCN(c2cccc(Cc3ccccc3)c2)CC1. The third-order valence-corrected chi connectivity index (χ3v) is 3.58. The van der Waals surface area contributed by atoms with Gasteiger partial charge in [0.1, 0.15) is 0 Å². The van der Waals surface area contributed by atoms with Crippen molar-refractivity contribution >= 4 is 5.69 Å². The lowest BCUT2D eigenvalue weighted by molar-refractivity contribution is 0.820. The number of hydrogen-bond acceptors (Lipinski definition) is 1. The molecule has 0 saturated heterocycles. The molecule has 19 heavy (non-hydrogen) atoms. The van der Waals surface area contributed by atoms with Crippen LogP contribution < -0.4 is 4.90 Å². The fraction of sp³-hybridized carbons (Fsp3) is 0.222. The van der Waals surface area contributed by atoms with Crippen molar-refractivity contribution in [1.29, 1.82) is 0 Å². The molecule has 0 amide bonds. The summed E-state index contributed by atoms with van der Waals surface area (Å²) < 4.78 is 0. The summed E-state index contributed by atoms with van der Waals surface area (Å²) in [6.07, 6.45) is 6.69. The lowest BCUT2D eigenvalue weighted by Crippen LogP contribution is -2.26. The Hall–Kier alpha value is -2.02. The molecule has 0 atom stereocenters. The Bertz CT molecular complexity index is 557. The number of nitrogens with zero attached hydrogens (tertiary/aromatic N) is 1. The van der Waals surface area contributed by atoms with E-state index in [1.165, 1.54) is 16.8 Å².